The largest absolute Gasteiger partial charge is 0.370 e. The molecule has 0 radical (unpaired) electrons. The van der Waals surface area contributed by atoms with Crippen LogP contribution in [0.15, 0.2) is 53.5 Å². The topological polar surface area (TPSA) is 79.5 Å². The number of aliphatic imine (C=N–C) groups is 1. The molecule has 0 aliphatic carbocycles. The van der Waals surface area contributed by atoms with E-state index in [1.54, 1.807) is 6.07 Å². The van der Waals surface area contributed by atoms with Gasteiger partial charge in [0.15, 0.2) is 5.96 Å². The monoisotopic (exact) mass is 470 g/mol. The van der Waals surface area contributed by atoms with Crippen molar-refractivity contribution in [3.05, 3.63) is 65.5 Å². The van der Waals surface area contributed by atoms with E-state index in [4.69, 9.17) is 5.73 Å². The second-order valence-corrected chi connectivity index (χ2v) is 5.91. The second-order valence-electron chi connectivity index (χ2n) is 5.91. The van der Waals surface area contributed by atoms with Crippen molar-refractivity contribution in [2.45, 2.75) is 19.8 Å². The Bertz CT molecular complexity index is 765. The lowest BCUT2D eigenvalue weighted by molar-refractivity contribution is 0.0951. The summed E-state index contributed by atoms with van der Waals surface area (Å²) in [5, 5.41) is 5.63. The number of carbonyl (C=O) groups excluding carboxylic acids is 1. The van der Waals surface area contributed by atoms with Crippen molar-refractivity contribution in [3.63, 3.8) is 0 Å². The number of carbonyl (C=O) groups is 1. The summed E-state index contributed by atoms with van der Waals surface area (Å²) in [7, 11) is 0. The van der Waals surface area contributed by atoms with Crippen molar-refractivity contribution in [1.82, 2.24) is 5.32 Å². The maximum absolute atomic E-state index is 13.5. The van der Waals surface area contributed by atoms with Gasteiger partial charge in [0.25, 0.3) is 5.91 Å². The van der Waals surface area contributed by atoms with Gasteiger partial charge in [-0.2, -0.15) is 0 Å². The lowest BCUT2D eigenvalue weighted by Gasteiger charge is -2.10. The molecule has 7 heteroatoms. The van der Waals surface area contributed by atoms with Gasteiger partial charge in [-0.15, -0.1) is 24.0 Å². The third-order valence-electron chi connectivity index (χ3n) is 3.62. The molecule has 0 aromatic heterocycles. The van der Waals surface area contributed by atoms with E-state index in [2.05, 4.69) is 35.5 Å². The lowest BCUT2D eigenvalue weighted by atomic mass is 10.0. The van der Waals surface area contributed by atoms with E-state index in [0.717, 1.165) is 5.69 Å². The third-order valence-corrected chi connectivity index (χ3v) is 3.62. The zero-order valence-electron chi connectivity index (χ0n) is 14.8. The fraction of sp³-hybridized carbons (Fsp3) is 0.263. The van der Waals surface area contributed by atoms with E-state index in [0.29, 0.717) is 12.5 Å². The van der Waals surface area contributed by atoms with Crippen LogP contribution in [0, 0.1) is 5.82 Å². The van der Waals surface area contributed by atoms with Crippen molar-refractivity contribution in [2.75, 3.05) is 18.4 Å². The summed E-state index contributed by atoms with van der Waals surface area (Å²) in [5.74, 6) is -0.325. The number of guanidine groups is 1. The van der Waals surface area contributed by atoms with Gasteiger partial charge in [-0.25, -0.2) is 4.39 Å². The van der Waals surface area contributed by atoms with E-state index < -0.39 is 11.7 Å². The minimum Gasteiger partial charge on any atom is -0.370 e. The Morgan fingerprint density at radius 1 is 1.19 bits per heavy atom. The van der Waals surface area contributed by atoms with Crippen LogP contribution in [0.5, 0.6) is 0 Å². The van der Waals surface area contributed by atoms with Crippen LogP contribution in [-0.4, -0.2) is 25.0 Å². The number of hydrogen-bond acceptors (Lipinski definition) is 2. The number of benzene rings is 2. The van der Waals surface area contributed by atoms with Gasteiger partial charge in [0.2, 0.25) is 0 Å². The normalized spacial score (nSPS) is 11.0. The van der Waals surface area contributed by atoms with Gasteiger partial charge in [-0.05, 0) is 35.7 Å². The number of nitrogens with one attached hydrogen (secondary N) is 2. The zero-order valence-corrected chi connectivity index (χ0v) is 17.2. The van der Waals surface area contributed by atoms with Crippen LogP contribution >= 0.6 is 24.0 Å². The highest BCUT2D eigenvalue weighted by molar-refractivity contribution is 14.0. The van der Waals surface area contributed by atoms with Crippen molar-refractivity contribution >= 4 is 41.5 Å². The van der Waals surface area contributed by atoms with E-state index >= 15 is 0 Å². The molecule has 140 valence electrons. The molecule has 0 heterocycles. The van der Waals surface area contributed by atoms with Gasteiger partial charge >= 0.3 is 0 Å². The molecule has 2 aromatic rings. The summed E-state index contributed by atoms with van der Waals surface area (Å²) in [6.07, 6.45) is 0. The number of anilines is 1. The minimum atomic E-state index is -0.547. The van der Waals surface area contributed by atoms with Crippen molar-refractivity contribution < 1.29 is 9.18 Å². The maximum atomic E-state index is 13.5. The predicted octanol–water partition coefficient (Wildman–Crippen LogP) is 3.72. The van der Waals surface area contributed by atoms with Gasteiger partial charge in [-0.1, -0.05) is 38.1 Å². The summed E-state index contributed by atoms with van der Waals surface area (Å²) < 4.78 is 13.5. The highest BCUT2D eigenvalue weighted by Gasteiger charge is 2.09. The van der Waals surface area contributed by atoms with Crippen molar-refractivity contribution in [3.8, 4) is 0 Å². The number of amides is 1. The van der Waals surface area contributed by atoms with Crippen molar-refractivity contribution in [2.24, 2.45) is 10.7 Å². The summed E-state index contributed by atoms with van der Waals surface area (Å²) in [6.45, 7) is 4.80. The molecule has 5 nitrogen and oxygen atoms in total. The Kier molecular flexibility index (Phi) is 9.04. The molecule has 0 atom stereocenters. The highest BCUT2D eigenvalue weighted by Crippen LogP contribution is 2.18. The van der Waals surface area contributed by atoms with Crippen LogP contribution in [-0.2, 0) is 0 Å². The zero-order chi connectivity index (χ0) is 18.2. The Morgan fingerprint density at radius 2 is 1.92 bits per heavy atom. The summed E-state index contributed by atoms with van der Waals surface area (Å²) in [4.78, 5) is 16.0. The molecule has 0 aliphatic heterocycles. The first-order chi connectivity index (χ1) is 12.0. The first kappa shape index (κ1) is 21.9. The Hall–Kier alpha value is -2.16. The quantitative estimate of drug-likeness (QED) is 0.261. The van der Waals surface area contributed by atoms with Crippen LogP contribution in [0.1, 0.15) is 35.7 Å². The molecule has 0 saturated carbocycles. The Labute approximate surface area is 170 Å². The van der Waals surface area contributed by atoms with Gasteiger partial charge in [0.05, 0.1) is 12.1 Å². The van der Waals surface area contributed by atoms with E-state index in [9.17, 15) is 9.18 Å². The molecule has 0 unspecified atom stereocenters. The Balaban J connectivity index is 0.00000338. The standard InChI is InChI=1S/C19H23FN4O.HI/c1-13(2)14-6-5-7-15(12-14)24-19(21)23-11-10-22-18(25)16-8-3-4-9-17(16)20;/h3-9,12-13H,10-11H2,1-2H3,(H,22,25)(H3,21,23,24);1H. The molecule has 0 fully saturated rings. The average molecular weight is 470 g/mol. The summed E-state index contributed by atoms with van der Waals surface area (Å²) in [6, 6.07) is 13.8. The highest BCUT2D eigenvalue weighted by atomic mass is 127. The molecule has 2 aromatic carbocycles. The molecule has 0 saturated heterocycles. The molecule has 0 bridgehead atoms. The van der Waals surface area contributed by atoms with Crippen LogP contribution in [0.25, 0.3) is 0 Å². The predicted molar refractivity (Wildman–Crippen MR) is 115 cm³/mol. The van der Waals surface area contributed by atoms with Gasteiger partial charge in [0, 0.05) is 12.2 Å². The van der Waals surface area contributed by atoms with E-state index in [1.807, 2.05) is 18.2 Å². The molecular weight excluding hydrogens is 446 g/mol. The van der Waals surface area contributed by atoms with Gasteiger partial charge < -0.3 is 16.4 Å². The SMILES string of the molecule is CC(C)c1cccc(NC(N)=NCCNC(=O)c2ccccc2F)c1.I. The van der Waals surface area contributed by atoms with Crippen LogP contribution in [0.2, 0.25) is 0 Å². The first-order valence-electron chi connectivity index (χ1n) is 8.17. The molecular formula is C19H24FIN4O. The van der Waals surface area contributed by atoms with Crippen molar-refractivity contribution in [1.29, 1.82) is 0 Å². The molecule has 0 spiro atoms. The van der Waals surface area contributed by atoms with Crippen LogP contribution in [0.3, 0.4) is 0 Å². The van der Waals surface area contributed by atoms with E-state index in [-0.39, 0.29) is 42.0 Å². The Morgan fingerprint density at radius 3 is 2.62 bits per heavy atom. The van der Waals surface area contributed by atoms with Crippen LogP contribution in [0.4, 0.5) is 10.1 Å². The van der Waals surface area contributed by atoms with Gasteiger partial charge in [-0.3, -0.25) is 9.79 Å². The molecule has 1 amide bonds. The second kappa shape index (κ2) is 10.7. The first-order valence-corrected chi connectivity index (χ1v) is 8.17. The third kappa shape index (κ3) is 6.62. The molecule has 2 rings (SSSR count). The number of nitrogens with two attached hydrogens (primary N) is 1. The molecule has 4 N–H and O–H groups in total. The number of rotatable bonds is 6. The summed E-state index contributed by atoms with van der Waals surface area (Å²) >= 11 is 0. The lowest BCUT2D eigenvalue weighted by Crippen LogP contribution is -2.29. The average Bonchev–Trinajstić information content (AvgIpc) is 2.59. The van der Waals surface area contributed by atoms with E-state index in [1.165, 1.54) is 23.8 Å². The fourth-order valence-electron chi connectivity index (χ4n) is 2.25. The number of halogens is 2. The maximum Gasteiger partial charge on any atom is 0.254 e. The minimum absolute atomic E-state index is 0. The number of hydrogen-bond donors (Lipinski definition) is 3. The molecule has 0 aliphatic rings. The molecule has 26 heavy (non-hydrogen) atoms. The van der Waals surface area contributed by atoms with Crippen LogP contribution < -0.4 is 16.4 Å². The fourth-order valence-corrected chi connectivity index (χ4v) is 2.25. The summed E-state index contributed by atoms with van der Waals surface area (Å²) in [5.41, 5.74) is 7.93. The number of nitrogens with zero attached hydrogens (tertiary/aromatic N) is 1. The smallest absolute Gasteiger partial charge is 0.254 e. The van der Waals surface area contributed by atoms with Gasteiger partial charge in [0.1, 0.15) is 5.82 Å².